The fourth-order valence-corrected chi connectivity index (χ4v) is 1.86. The van der Waals surface area contributed by atoms with E-state index in [-0.39, 0.29) is 5.82 Å². The molecule has 0 radical (unpaired) electrons. The van der Waals surface area contributed by atoms with E-state index in [9.17, 15) is 4.39 Å². The minimum absolute atomic E-state index is 0.250. The van der Waals surface area contributed by atoms with E-state index in [2.05, 4.69) is 5.10 Å². The number of aromatic nitrogens is 2. The fraction of sp³-hybridized carbons (Fsp3) is 0.250. The van der Waals surface area contributed by atoms with Crippen molar-refractivity contribution in [3.8, 4) is 5.69 Å². The highest BCUT2D eigenvalue weighted by atomic mass is 35.5. The van der Waals surface area contributed by atoms with E-state index in [4.69, 9.17) is 11.6 Å². The van der Waals surface area contributed by atoms with E-state index in [1.54, 1.807) is 10.7 Å². The third kappa shape index (κ3) is 1.95. The van der Waals surface area contributed by atoms with Gasteiger partial charge in [0, 0.05) is 0 Å². The van der Waals surface area contributed by atoms with Gasteiger partial charge >= 0.3 is 0 Å². The smallest absolute Gasteiger partial charge is 0.133 e. The Hall–Kier alpha value is -1.35. The first-order valence-corrected chi connectivity index (χ1v) is 5.50. The van der Waals surface area contributed by atoms with Gasteiger partial charge in [-0.15, -0.1) is 0 Å². The summed E-state index contributed by atoms with van der Waals surface area (Å²) in [4.78, 5) is 0. The molecule has 16 heavy (non-hydrogen) atoms. The summed E-state index contributed by atoms with van der Waals surface area (Å²) in [5.41, 5.74) is 2.55. The molecule has 0 bridgehead atoms. The van der Waals surface area contributed by atoms with Gasteiger partial charge < -0.3 is 0 Å². The van der Waals surface area contributed by atoms with E-state index in [1.807, 2.05) is 19.9 Å². The molecule has 0 unspecified atom stereocenters. The summed E-state index contributed by atoms with van der Waals surface area (Å²) in [7, 11) is 0. The van der Waals surface area contributed by atoms with Crippen LogP contribution in [-0.2, 0) is 6.42 Å². The van der Waals surface area contributed by atoms with Gasteiger partial charge in [-0.2, -0.15) is 5.10 Å². The van der Waals surface area contributed by atoms with Crippen LogP contribution in [0.15, 0.2) is 24.3 Å². The van der Waals surface area contributed by atoms with Gasteiger partial charge in [0.25, 0.3) is 0 Å². The van der Waals surface area contributed by atoms with Crippen molar-refractivity contribution in [2.75, 3.05) is 0 Å². The summed E-state index contributed by atoms with van der Waals surface area (Å²) in [6.07, 6.45) is 0.826. The van der Waals surface area contributed by atoms with Crippen molar-refractivity contribution in [3.63, 3.8) is 0 Å². The van der Waals surface area contributed by atoms with Crippen LogP contribution in [-0.4, -0.2) is 9.78 Å². The van der Waals surface area contributed by atoms with Crippen molar-refractivity contribution >= 4 is 11.6 Å². The normalized spacial score (nSPS) is 10.8. The van der Waals surface area contributed by atoms with Gasteiger partial charge in [-0.05, 0) is 43.2 Å². The summed E-state index contributed by atoms with van der Waals surface area (Å²) in [5.74, 6) is -0.250. The van der Waals surface area contributed by atoms with Crippen LogP contribution in [0.5, 0.6) is 0 Å². The van der Waals surface area contributed by atoms with Gasteiger partial charge in [0.15, 0.2) is 0 Å². The molecule has 0 saturated heterocycles. The Labute approximate surface area is 98.7 Å². The average Bonchev–Trinajstić information content (AvgIpc) is 2.60. The van der Waals surface area contributed by atoms with Gasteiger partial charge in [-0.25, -0.2) is 9.07 Å². The van der Waals surface area contributed by atoms with E-state index in [0.29, 0.717) is 5.15 Å². The average molecular weight is 239 g/mol. The first-order chi connectivity index (χ1) is 7.61. The molecule has 2 aromatic rings. The maximum Gasteiger partial charge on any atom is 0.133 e. The molecule has 0 spiro atoms. The third-order valence-corrected chi connectivity index (χ3v) is 2.73. The van der Waals surface area contributed by atoms with E-state index < -0.39 is 0 Å². The molecule has 84 valence electrons. The van der Waals surface area contributed by atoms with Crippen molar-refractivity contribution in [2.24, 2.45) is 0 Å². The zero-order valence-electron chi connectivity index (χ0n) is 9.17. The molecule has 0 aliphatic rings. The number of benzene rings is 1. The van der Waals surface area contributed by atoms with Crippen LogP contribution >= 0.6 is 11.6 Å². The van der Waals surface area contributed by atoms with Crippen LogP contribution in [0, 0.1) is 12.7 Å². The molecule has 1 aromatic carbocycles. The second-order valence-electron chi connectivity index (χ2n) is 3.65. The Morgan fingerprint density at radius 1 is 1.38 bits per heavy atom. The lowest BCUT2D eigenvalue weighted by Crippen LogP contribution is -2.00. The molecule has 0 saturated carbocycles. The predicted octanol–water partition coefficient (Wildman–Crippen LogP) is 3.54. The molecule has 4 heteroatoms. The highest BCUT2D eigenvalue weighted by Crippen LogP contribution is 2.21. The van der Waals surface area contributed by atoms with E-state index in [1.165, 1.54) is 12.1 Å². The molecule has 0 fully saturated rings. The third-order valence-electron chi connectivity index (χ3n) is 2.47. The lowest BCUT2D eigenvalue weighted by Gasteiger charge is -2.06. The summed E-state index contributed by atoms with van der Waals surface area (Å²) in [6, 6.07) is 6.39. The zero-order chi connectivity index (χ0) is 11.7. The SMILES string of the molecule is CCc1cc(Cl)n(-c2ccc(F)cc2C)n1. The number of hydrogen-bond acceptors (Lipinski definition) is 1. The van der Waals surface area contributed by atoms with Crippen LogP contribution in [0.2, 0.25) is 5.15 Å². The largest absolute Gasteiger partial charge is 0.222 e. The molecule has 0 N–H and O–H groups in total. The minimum Gasteiger partial charge on any atom is -0.222 e. The quantitative estimate of drug-likeness (QED) is 0.783. The van der Waals surface area contributed by atoms with Crippen LogP contribution in [0.4, 0.5) is 4.39 Å². The minimum atomic E-state index is -0.250. The van der Waals surface area contributed by atoms with Crippen molar-refractivity contribution in [3.05, 3.63) is 46.5 Å². The molecule has 0 aliphatic carbocycles. The highest BCUT2D eigenvalue weighted by Gasteiger charge is 2.09. The first kappa shape index (κ1) is 11.1. The Morgan fingerprint density at radius 2 is 2.12 bits per heavy atom. The van der Waals surface area contributed by atoms with Crippen molar-refractivity contribution < 1.29 is 4.39 Å². The van der Waals surface area contributed by atoms with Crippen LogP contribution < -0.4 is 0 Å². The van der Waals surface area contributed by atoms with Gasteiger partial charge in [0.05, 0.1) is 11.4 Å². The Bertz CT molecular complexity index is 520. The Kier molecular flexibility index (Phi) is 2.97. The van der Waals surface area contributed by atoms with Crippen LogP contribution in [0.3, 0.4) is 0 Å². The summed E-state index contributed by atoms with van der Waals surface area (Å²) < 4.78 is 14.6. The number of halogens is 2. The maximum absolute atomic E-state index is 13.0. The topological polar surface area (TPSA) is 17.8 Å². The highest BCUT2D eigenvalue weighted by molar-refractivity contribution is 6.29. The summed E-state index contributed by atoms with van der Waals surface area (Å²) >= 11 is 6.08. The molecule has 0 amide bonds. The Morgan fingerprint density at radius 3 is 2.69 bits per heavy atom. The molecular formula is C12H12ClFN2. The number of rotatable bonds is 2. The van der Waals surface area contributed by atoms with Crippen molar-refractivity contribution in [1.29, 1.82) is 0 Å². The van der Waals surface area contributed by atoms with E-state index >= 15 is 0 Å². The van der Waals surface area contributed by atoms with E-state index in [0.717, 1.165) is 23.4 Å². The second kappa shape index (κ2) is 4.26. The maximum atomic E-state index is 13.0. The molecular weight excluding hydrogens is 227 g/mol. The van der Waals surface area contributed by atoms with Crippen LogP contribution in [0.1, 0.15) is 18.2 Å². The van der Waals surface area contributed by atoms with Gasteiger partial charge in [0.1, 0.15) is 11.0 Å². The summed E-state index contributed by atoms with van der Waals surface area (Å²) in [6.45, 7) is 3.85. The van der Waals surface area contributed by atoms with Gasteiger partial charge in [-0.3, -0.25) is 0 Å². The number of aryl methyl sites for hydroxylation is 2. The van der Waals surface area contributed by atoms with Crippen molar-refractivity contribution in [1.82, 2.24) is 9.78 Å². The monoisotopic (exact) mass is 238 g/mol. The first-order valence-electron chi connectivity index (χ1n) is 5.12. The molecule has 0 aliphatic heterocycles. The zero-order valence-corrected chi connectivity index (χ0v) is 9.92. The van der Waals surface area contributed by atoms with Crippen LogP contribution in [0.25, 0.3) is 5.69 Å². The van der Waals surface area contributed by atoms with Crippen molar-refractivity contribution in [2.45, 2.75) is 20.3 Å². The number of hydrogen-bond donors (Lipinski definition) is 0. The summed E-state index contributed by atoms with van der Waals surface area (Å²) in [5, 5.41) is 4.90. The molecule has 1 heterocycles. The number of nitrogens with zero attached hydrogens (tertiary/aromatic N) is 2. The Balaban J connectivity index is 2.53. The fourth-order valence-electron chi connectivity index (χ4n) is 1.60. The molecule has 1 aromatic heterocycles. The molecule has 0 atom stereocenters. The lowest BCUT2D eigenvalue weighted by atomic mass is 10.2. The van der Waals surface area contributed by atoms with Gasteiger partial charge in [0.2, 0.25) is 0 Å². The predicted molar refractivity (Wildman–Crippen MR) is 62.6 cm³/mol. The van der Waals surface area contributed by atoms with Gasteiger partial charge in [-0.1, -0.05) is 18.5 Å². The lowest BCUT2D eigenvalue weighted by molar-refractivity contribution is 0.625. The molecule has 2 rings (SSSR count). The molecule has 2 nitrogen and oxygen atoms in total. The second-order valence-corrected chi connectivity index (χ2v) is 4.04. The standard InChI is InChI=1S/C12H12ClFN2/c1-3-10-7-12(13)16(15-10)11-5-4-9(14)6-8(11)2/h4-7H,3H2,1-2H3.